The molecule has 156 valence electrons. The Balaban J connectivity index is 1.53. The van der Waals surface area contributed by atoms with E-state index in [-0.39, 0.29) is 24.7 Å². The first-order chi connectivity index (χ1) is 14.2. The number of halogens is 3. The van der Waals surface area contributed by atoms with Crippen LogP contribution in [0, 0.1) is 0 Å². The van der Waals surface area contributed by atoms with Crippen LogP contribution < -0.4 is 11.1 Å². The third-order valence-corrected chi connectivity index (χ3v) is 3.49. The molecule has 0 aromatic carbocycles. The minimum absolute atomic E-state index is 0.00978. The number of pyridine rings is 1. The van der Waals surface area contributed by atoms with Crippen molar-refractivity contribution in [1.82, 2.24) is 30.4 Å². The molecule has 3 heterocycles. The van der Waals surface area contributed by atoms with Crippen LogP contribution in [0.5, 0.6) is 0 Å². The van der Waals surface area contributed by atoms with Crippen LogP contribution in [0.4, 0.5) is 18.0 Å². The Hall–Kier alpha value is -4.10. The maximum Gasteiger partial charge on any atom is 0.471 e. The molecular formula is C16H12F3N7O4. The van der Waals surface area contributed by atoms with E-state index >= 15 is 0 Å². The summed E-state index contributed by atoms with van der Waals surface area (Å²) in [6, 6.07) is 3.10. The van der Waals surface area contributed by atoms with Gasteiger partial charge < -0.3 is 20.3 Å². The van der Waals surface area contributed by atoms with Crippen molar-refractivity contribution in [3.8, 4) is 11.6 Å². The normalized spacial score (nSPS) is 11.2. The first-order valence-corrected chi connectivity index (χ1v) is 8.10. The molecule has 0 radical (unpaired) electrons. The fraction of sp³-hybridized carbons (Fsp3) is 0.188. The number of nitrogens with zero attached hydrogens (tertiary/aromatic N) is 5. The van der Waals surface area contributed by atoms with E-state index in [2.05, 4.69) is 34.9 Å². The summed E-state index contributed by atoms with van der Waals surface area (Å²) in [5.41, 5.74) is 5.95. The zero-order valence-electron chi connectivity index (χ0n) is 14.9. The summed E-state index contributed by atoms with van der Waals surface area (Å²) in [5, 5.41) is 5.60. The molecule has 0 saturated heterocycles. The van der Waals surface area contributed by atoms with E-state index in [4.69, 9.17) is 10.5 Å². The van der Waals surface area contributed by atoms with Gasteiger partial charge in [0.2, 0.25) is 11.6 Å². The van der Waals surface area contributed by atoms with Crippen LogP contribution >= 0.6 is 0 Å². The van der Waals surface area contributed by atoms with Gasteiger partial charge >= 0.3 is 18.2 Å². The molecular weight excluding hydrogens is 411 g/mol. The SMILES string of the molecule is NC(=O)c1ncccc1COC(=O)NCc1cnc(-c2noc(C(F)(F)F)n2)nc1. The molecule has 3 aromatic rings. The smallest absolute Gasteiger partial charge is 0.445 e. The molecule has 0 aliphatic heterocycles. The predicted octanol–water partition coefficient (Wildman–Crippen LogP) is 1.47. The summed E-state index contributed by atoms with van der Waals surface area (Å²) in [4.78, 5) is 37.7. The van der Waals surface area contributed by atoms with Gasteiger partial charge in [0.05, 0.1) is 0 Å². The number of alkyl halides is 3. The average Bonchev–Trinajstić information content (AvgIpc) is 3.22. The predicted molar refractivity (Wildman–Crippen MR) is 90.1 cm³/mol. The Morgan fingerprint density at radius 3 is 2.53 bits per heavy atom. The van der Waals surface area contributed by atoms with E-state index in [9.17, 15) is 22.8 Å². The van der Waals surface area contributed by atoms with Gasteiger partial charge in [-0.05, 0) is 6.07 Å². The van der Waals surface area contributed by atoms with Crippen molar-refractivity contribution in [2.24, 2.45) is 5.73 Å². The molecule has 11 nitrogen and oxygen atoms in total. The molecule has 0 saturated carbocycles. The number of primary amides is 1. The number of nitrogens with two attached hydrogens (primary N) is 1. The summed E-state index contributed by atoms with van der Waals surface area (Å²) in [5.74, 6) is -2.88. The Morgan fingerprint density at radius 1 is 1.17 bits per heavy atom. The van der Waals surface area contributed by atoms with Crippen molar-refractivity contribution >= 4 is 12.0 Å². The van der Waals surface area contributed by atoms with Crippen LogP contribution in [0.1, 0.15) is 27.5 Å². The van der Waals surface area contributed by atoms with Gasteiger partial charge in [-0.25, -0.2) is 14.8 Å². The van der Waals surface area contributed by atoms with Crippen molar-refractivity contribution in [2.75, 3.05) is 0 Å². The Morgan fingerprint density at radius 2 is 1.90 bits per heavy atom. The van der Waals surface area contributed by atoms with E-state index in [1.807, 2.05) is 0 Å². The molecule has 30 heavy (non-hydrogen) atoms. The number of aromatic nitrogens is 5. The third-order valence-electron chi connectivity index (χ3n) is 3.49. The second-order valence-electron chi connectivity index (χ2n) is 5.64. The fourth-order valence-corrected chi connectivity index (χ4v) is 2.14. The number of nitrogens with one attached hydrogen (secondary N) is 1. The number of amides is 2. The van der Waals surface area contributed by atoms with Crippen LogP contribution in [-0.4, -0.2) is 37.1 Å². The summed E-state index contributed by atoms with van der Waals surface area (Å²) in [6.07, 6.45) is -1.67. The summed E-state index contributed by atoms with van der Waals surface area (Å²) < 4.78 is 46.5. The molecule has 3 aromatic heterocycles. The first-order valence-electron chi connectivity index (χ1n) is 8.10. The maximum absolute atomic E-state index is 12.5. The number of ether oxygens (including phenoxy) is 1. The Labute approximate surface area is 165 Å². The van der Waals surface area contributed by atoms with Gasteiger partial charge in [-0.3, -0.25) is 9.78 Å². The van der Waals surface area contributed by atoms with Crippen LogP contribution in [-0.2, 0) is 24.1 Å². The number of rotatable bonds is 6. The second kappa shape index (κ2) is 8.50. The fourth-order valence-electron chi connectivity index (χ4n) is 2.14. The first kappa shape index (κ1) is 20.6. The zero-order chi connectivity index (χ0) is 21.7. The average molecular weight is 423 g/mol. The number of carbonyl (C=O) groups excluding carboxylic acids is 2. The van der Waals surface area contributed by atoms with Crippen LogP contribution in [0.15, 0.2) is 35.2 Å². The van der Waals surface area contributed by atoms with E-state index < -0.39 is 29.9 Å². The van der Waals surface area contributed by atoms with Crippen LogP contribution in [0.3, 0.4) is 0 Å². The number of alkyl carbamates (subject to hydrolysis) is 1. The van der Waals surface area contributed by atoms with E-state index in [1.54, 1.807) is 6.07 Å². The van der Waals surface area contributed by atoms with Crippen molar-refractivity contribution in [3.05, 3.63) is 53.4 Å². The quantitative estimate of drug-likeness (QED) is 0.598. The maximum atomic E-state index is 12.5. The summed E-state index contributed by atoms with van der Waals surface area (Å²) in [6.45, 7) is -0.262. The summed E-state index contributed by atoms with van der Waals surface area (Å²) >= 11 is 0. The molecule has 3 N–H and O–H groups in total. The number of hydrogen-bond acceptors (Lipinski definition) is 9. The van der Waals surface area contributed by atoms with Crippen molar-refractivity contribution in [3.63, 3.8) is 0 Å². The molecule has 0 atom stereocenters. The van der Waals surface area contributed by atoms with Crippen LogP contribution in [0.2, 0.25) is 0 Å². The van der Waals surface area contributed by atoms with Crippen molar-refractivity contribution in [2.45, 2.75) is 19.3 Å². The lowest BCUT2D eigenvalue weighted by molar-refractivity contribution is -0.159. The van der Waals surface area contributed by atoms with Gasteiger partial charge in [-0.2, -0.15) is 18.2 Å². The van der Waals surface area contributed by atoms with Gasteiger partial charge in [-0.1, -0.05) is 11.2 Å². The standard InChI is InChI=1S/C16H12F3N7O4/c17-16(18,19)14-25-13(26-30-14)12-22-4-8(5-23-12)6-24-15(28)29-7-9-2-1-3-21-10(9)11(20)27/h1-5H,6-7H2,(H2,20,27)(H,24,28). The monoisotopic (exact) mass is 423 g/mol. The third kappa shape index (κ3) is 5.03. The van der Waals surface area contributed by atoms with Gasteiger partial charge in [0.25, 0.3) is 5.91 Å². The molecule has 0 unspecified atom stereocenters. The minimum atomic E-state index is -4.77. The Bertz CT molecular complexity index is 1050. The minimum Gasteiger partial charge on any atom is -0.445 e. The van der Waals surface area contributed by atoms with Crippen molar-refractivity contribution < 1.29 is 32.0 Å². The highest BCUT2D eigenvalue weighted by molar-refractivity contribution is 5.92. The molecule has 2 amide bonds. The second-order valence-corrected chi connectivity index (χ2v) is 5.64. The van der Waals surface area contributed by atoms with Gasteiger partial charge in [0.15, 0.2) is 0 Å². The Kier molecular flexibility index (Phi) is 5.85. The lowest BCUT2D eigenvalue weighted by Crippen LogP contribution is -2.24. The molecule has 0 spiro atoms. The zero-order valence-corrected chi connectivity index (χ0v) is 14.9. The molecule has 0 fully saturated rings. The van der Waals surface area contributed by atoms with Crippen molar-refractivity contribution in [1.29, 1.82) is 0 Å². The topological polar surface area (TPSA) is 159 Å². The molecule has 0 bridgehead atoms. The lowest BCUT2D eigenvalue weighted by atomic mass is 10.2. The van der Waals surface area contributed by atoms with Gasteiger partial charge in [0.1, 0.15) is 12.3 Å². The highest BCUT2D eigenvalue weighted by atomic mass is 19.4. The molecule has 14 heteroatoms. The highest BCUT2D eigenvalue weighted by Gasteiger charge is 2.38. The number of hydrogen-bond donors (Lipinski definition) is 2. The van der Waals surface area contributed by atoms with Crippen LogP contribution in [0.25, 0.3) is 11.6 Å². The van der Waals surface area contributed by atoms with E-state index in [1.165, 1.54) is 24.7 Å². The molecule has 0 aliphatic carbocycles. The van der Waals surface area contributed by atoms with E-state index in [0.29, 0.717) is 11.1 Å². The highest BCUT2D eigenvalue weighted by Crippen LogP contribution is 2.28. The molecule has 0 aliphatic rings. The number of carbonyl (C=O) groups is 2. The molecule has 3 rings (SSSR count). The largest absolute Gasteiger partial charge is 0.471 e. The van der Waals surface area contributed by atoms with E-state index in [0.717, 1.165) is 0 Å². The lowest BCUT2D eigenvalue weighted by Gasteiger charge is -2.08. The summed E-state index contributed by atoms with van der Waals surface area (Å²) in [7, 11) is 0. The van der Waals surface area contributed by atoms with Gasteiger partial charge in [0, 0.05) is 36.3 Å². The van der Waals surface area contributed by atoms with Gasteiger partial charge in [-0.15, -0.1) is 0 Å².